The zero-order valence-electron chi connectivity index (χ0n) is 34.2. The monoisotopic (exact) mass is 866 g/mol. The summed E-state index contributed by atoms with van der Waals surface area (Å²) in [6, 6.07) is 36.1. The Kier molecular flexibility index (Phi) is 29.1. The lowest BCUT2D eigenvalue weighted by Crippen LogP contribution is -2.36. The molecule has 5 aromatic rings. The second kappa shape index (κ2) is 30.7. The molecule has 4 aromatic carbocycles. The van der Waals surface area contributed by atoms with Crippen molar-refractivity contribution in [2.45, 2.75) is 90.5 Å². The number of rotatable bonds is 8. The first kappa shape index (κ1) is 56.8. The van der Waals surface area contributed by atoms with Gasteiger partial charge in [0, 0.05) is 36.0 Å². The highest BCUT2D eigenvalue weighted by atomic mass is 32.2. The topological polar surface area (TPSA) is 188 Å². The molecule has 1 unspecified atom stereocenters. The van der Waals surface area contributed by atoms with Gasteiger partial charge in [0.15, 0.2) is 6.20 Å². The predicted molar refractivity (Wildman–Crippen MR) is 246 cm³/mol. The minimum atomic E-state index is -4.25. The number of likely N-dealkylation sites (tertiary alicyclic amines) is 1. The first-order valence-electron chi connectivity index (χ1n) is 19.1. The van der Waals surface area contributed by atoms with E-state index < -0.39 is 20.2 Å². The fraction of sp³-hybridized carbons (Fsp3) is 0.326. The number of aryl methyl sites for hydroxylation is 2. The Labute approximate surface area is 360 Å². The number of nitrogens with zero attached hydrogens (tertiary/aromatic N) is 3. The summed E-state index contributed by atoms with van der Waals surface area (Å²) in [6.45, 7) is 9.26. The van der Waals surface area contributed by atoms with E-state index >= 15 is 0 Å². The maximum Gasteiger partial charge on any atom is 0.294 e. The largest absolute Gasteiger partial charge is 0.744 e. The lowest BCUT2D eigenvalue weighted by molar-refractivity contribution is -0.673. The van der Waals surface area contributed by atoms with E-state index in [9.17, 15) is 31.5 Å². The molecule has 1 aliphatic heterocycles. The number of piperidine rings is 1. The Hall–Kier alpha value is -5.25. The number of para-hydroxylation sites is 2. The first-order chi connectivity index (χ1) is 27.7. The van der Waals surface area contributed by atoms with E-state index in [0.717, 1.165) is 23.8 Å². The molecule has 1 aromatic heterocycles. The van der Waals surface area contributed by atoms with Crippen LogP contribution >= 0.6 is 0 Å². The standard InChI is InChI=1S/C14H13N2O2.C14H22N2.2C6H6O3S.2C2H6.2CH4/c1-15-11-5-4-7-13(15)10-9-12-6-2-3-8-14(12)16(17)18;1-16-11-5-4-7-13(16)10-9-12-6-2-3-8-14(12)15;2*7-10(8,9)6-4-2-1-3-5-6;2*1-2;;/h2-11H,1H3;2-3,6,8,13H,4-5,7,9-11,15H2,1H3;2*1-5H,(H,7,8,9);2*1-2H3;2*1H4/q+1;;;;;;;/p-1/b10-9+;;;;;;;. The van der Waals surface area contributed by atoms with E-state index in [0.29, 0.717) is 5.56 Å². The van der Waals surface area contributed by atoms with Crippen molar-refractivity contribution in [2.75, 3.05) is 19.3 Å². The van der Waals surface area contributed by atoms with Crippen LogP contribution in [0.25, 0.3) is 12.2 Å². The normalized spacial score (nSPS) is 13.1. The van der Waals surface area contributed by atoms with Crippen LogP contribution in [0, 0.1) is 10.1 Å². The molecule has 0 amide bonds. The number of nitro benzene ring substituents is 1. The lowest BCUT2D eigenvalue weighted by atomic mass is 9.96. The van der Waals surface area contributed by atoms with Gasteiger partial charge in [-0.15, -0.1) is 0 Å². The summed E-state index contributed by atoms with van der Waals surface area (Å²) in [7, 11) is -4.08. The summed E-state index contributed by atoms with van der Waals surface area (Å²) < 4.78 is 62.0. The van der Waals surface area contributed by atoms with Crippen LogP contribution in [0.5, 0.6) is 0 Å². The van der Waals surface area contributed by atoms with Gasteiger partial charge in [-0.05, 0) is 93.4 Å². The van der Waals surface area contributed by atoms with Crippen LogP contribution in [0.15, 0.2) is 143 Å². The fourth-order valence-electron chi connectivity index (χ4n) is 5.45. The fourth-order valence-corrected chi connectivity index (χ4v) is 6.44. The van der Waals surface area contributed by atoms with Gasteiger partial charge in [0.05, 0.1) is 20.3 Å². The molecule has 6 rings (SSSR count). The third-order valence-electron chi connectivity index (χ3n) is 8.46. The first-order valence-corrected chi connectivity index (χ1v) is 21.9. The summed E-state index contributed by atoms with van der Waals surface area (Å²) >= 11 is 0. The maximum atomic E-state index is 10.9. The van der Waals surface area contributed by atoms with Crippen LogP contribution in [0.4, 0.5) is 11.4 Å². The van der Waals surface area contributed by atoms with Gasteiger partial charge in [0.1, 0.15) is 17.2 Å². The molecular weight excluding hydrogens is 801 g/mol. The minimum Gasteiger partial charge on any atom is -0.744 e. The molecule has 0 spiro atoms. The molecule has 0 saturated carbocycles. The molecule has 0 aliphatic carbocycles. The molecule has 14 heteroatoms. The number of nitrogens with two attached hydrogens (primary N) is 1. The molecule has 1 saturated heterocycles. The van der Waals surface area contributed by atoms with E-state index in [1.54, 1.807) is 48.5 Å². The van der Waals surface area contributed by atoms with Gasteiger partial charge in [-0.2, -0.15) is 8.42 Å². The number of hydrogen-bond donors (Lipinski definition) is 2. The Morgan fingerprint density at radius 1 is 0.767 bits per heavy atom. The van der Waals surface area contributed by atoms with E-state index in [-0.39, 0.29) is 35.3 Å². The maximum absolute atomic E-state index is 10.9. The highest BCUT2D eigenvalue weighted by Gasteiger charge is 2.18. The summed E-state index contributed by atoms with van der Waals surface area (Å²) in [5, 5.41) is 10.9. The number of benzene rings is 4. The number of aromatic nitrogens is 1. The van der Waals surface area contributed by atoms with E-state index in [2.05, 4.69) is 24.1 Å². The molecule has 60 heavy (non-hydrogen) atoms. The quantitative estimate of drug-likeness (QED) is 0.0499. The smallest absolute Gasteiger partial charge is 0.294 e. The molecule has 1 atom stereocenters. The lowest BCUT2D eigenvalue weighted by Gasteiger charge is -2.32. The SMILES string of the molecule is C.C.CC.CC.CN1CCCCC1CCc1ccccc1N.C[n+]1ccccc1/C=C/c1ccccc1[N+](=O)[O-].O=S(=O)(O)c1ccccc1.O=S(=O)([O-])c1ccccc1. The van der Waals surface area contributed by atoms with Crippen molar-refractivity contribution in [2.24, 2.45) is 7.05 Å². The van der Waals surface area contributed by atoms with Crippen molar-refractivity contribution in [3.63, 3.8) is 0 Å². The number of nitro groups is 1. The van der Waals surface area contributed by atoms with Crippen LogP contribution in [-0.4, -0.2) is 55.4 Å². The highest BCUT2D eigenvalue weighted by molar-refractivity contribution is 7.86. The van der Waals surface area contributed by atoms with Gasteiger partial charge < -0.3 is 15.2 Å². The van der Waals surface area contributed by atoms with Gasteiger partial charge in [0.2, 0.25) is 5.69 Å². The number of anilines is 1. The second-order valence-electron chi connectivity index (χ2n) is 12.3. The van der Waals surface area contributed by atoms with Gasteiger partial charge in [-0.3, -0.25) is 14.7 Å². The Morgan fingerprint density at radius 2 is 1.28 bits per heavy atom. The molecule has 330 valence electrons. The van der Waals surface area contributed by atoms with Crippen LogP contribution < -0.4 is 10.3 Å². The van der Waals surface area contributed by atoms with Gasteiger partial charge in [-0.25, -0.2) is 13.0 Å². The van der Waals surface area contributed by atoms with Crippen LogP contribution in [0.1, 0.15) is 85.1 Å². The average Bonchev–Trinajstić information content (AvgIpc) is 3.23. The van der Waals surface area contributed by atoms with Crippen molar-refractivity contribution in [3.05, 3.63) is 161 Å². The highest BCUT2D eigenvalue weighted by Crippen LogP contribution is 2.22. The predicted octanol–water partition coefficient (Wildman–Crippen LogP) is 10.1. The Morgan fingerprint density at radius 3 is 1.77 bits per heavy atom. The van der Waals surface area contributed by atoms with E-state index in [1.165, 1.54) is 80.3 Å². The number of nitrogen functional groups attached to an aromatic ring is 1. The van der Waals surface area contributed by atoms with Crippen molar-refractivity contribution in [1.82, 2.24) is 4.90 Å². The molecule has 0 radical (unpaired) electrons. The number of hydrogen-bond acceptors (Lipinski definition) is 9. The van der Waals surface area contributed by atoms with Crippen LogP contribution in [0.3, 0.4) is 0 Å². The van der Waals surface area contributed by atoms with Gasteiger partial charge >= 0.3 is 0 Å². The van der Waals surface area contributed by atoms with E-state index in [4.69, 9.17) is 10.3 Å². The van der Waals surface area contributed by atoms with Crippen LogP contribution in [-0.2, 0) is 33.7 Å². The third-order valence-corrected chi connectivity index (χ3v) is 10.2. The molecule has 1 fully saturated rings. The summed E-state index contributed by atoms with van der Waals surface area (Å²) in [5.74, 6) is 0. The molecule has 2 heterocycles. The summed E-state index contributed by atoms with van der Waals surface area (Å²) in [6.07, 6.45) is 12.0. The Bertz CT molecular complexity index is 2100. The molecule has 1 aliphatic rings. The zero-order chi connectivity index (χ0) is 43.6. The van der Waals surface area contributed by atoms with Crippen molar-refractivity contribution >= 4 is 43.8 Å². The number of pyridine rings is 1. The summed E-state index contributed by atoms with van der Waals surface area (Å²) in [5.41, 5.74) is 9.91. The third kappa shape index (κ3) is 21.7. The van der Waals surface area contributed by atoms with Crippen molar-refractivity contribution in [3.8, 4) is 0 Å². The van der Waals surface area contributed by atoms with Crippen molar-refractivity contribution < 1.29 is 35.4 Å². The molecule has 3 N–H and O–H groups in total. The average molecular weight is 867 g/mol. The van der Waals surface area contributed by atoms with Gasteiger partial charge in [-0.1, -0.05) is 116 Å². The van der Waals surface area contributed by atoms with Crippen LogP contribution in [0.2, 0.25) is 0 Å². The summed E-state index contributed by atoms with van der Waals surface area (Å²) in [4.78, 5) is 12.7. The van der Waals surface area contributed by atoms with Crippen molar-refractivity contribution in [1.29, 1.82) is 0 Å². The molecular formula is C46H66N4O8S2. The zero-order valence-corrected chi connectivity index (χ0v) is 35.8. The second-order valence-corrected chi connectivity index (χ2v) is 15.1. The molecule has 0 bridgehead atoms. The molecule has 12 nitrogen and oxygen atoms in total. The Balaban J connectivity index is 0. The van der Waals surface area contributed by atoms with E-state index in [1.807, 2.05) is 81.9 Å². The minimum absolute atomic E-state index is 0. The van der Waals surface area contributed by atoms with Gasteiger partial charge in [0.25, 0.3) is 15.8 Å².